The van der Waals surface area contributed by atoms with Crippen molar-refractivity contribution in [1.29, 1.82) is 0 Å². The molecule has 3 aromatic rings. The summed E-state index contributed by atoms with van der Waals surface area (Å²) in [5.41, 5.74) is 2.65. The molecule has 0 aliphatic rings. The SMILES string of the molecule is Cc1nc2ccc(S(=O)(=O)Nc3ccccc3C(C)C)cc2o1. The Morgan fingerprint density at radius 3 is 2.61 bits per heavy atom. The van der Waals surface area contributed by atoms with Crippen molar-refractivity contribution in [1.82, 2.24) is 4.98 Å². The average molecular weight is 330 g/mol. The monoisotopic (exact) mass is 330 g/mol. The molecule has 0 aliphatic heterocycles. The van der Waals surface area contributed by atoms with Crippen LogP contribution in [0.1, 0.15) is 31.2 Å². The summed E-state index contributed by atoms with van der Waals surface area (Å²) >= 11 is 0. The molecule has 23 heavy (non-hydrogen) atoms. The zero-order valence-electron chi connectivity index (χ0n) is 13.2. The highest BCUT2D eigenvalue weighted by Gasteiger charge is 2.18. The number of nitrogens with one attached hydrogen (secondary N) is 1. The molecule has 3 rings (SSSR count). The van der Waals surface area contributed by atoms with Crippen LogP contribution in [-0.4, -0.2) is 13.4 Å². The number of sulfonamides is 1. The minimum Gasteiger partial charge on any atom is -0.441 e. The topological polar surface area (TPSA) is 72.2 Å². The van der Waals surface area contributed by atoms with E-state index in [1.165, 1.54) is 12.1 Å². The van der Waals surface area contributed by atoms with Gasteiger partial charge in [0.05, 0.1) is 10.6 Å². The molecule has 1 N–H and O–H groups in total. The molecule has 2 aromatic carbocycles. The summed E-state index contributed by atoms with van der Waals surface area (Å²) in [6.45, 7) is 5.78. The number of oxazole rings is 1. The van der Waals surface area contributed by atoms with Gasteiger partial charge in [-0.3, -0.25) is 4.72 Å². The number of anilines is 1. The van der Waals surface area contributed by atoms with Crippen LogP contribution in [0.25, 0.3) is 11.1 Å². The molecule has 0 spiro atoms. The summed E-state index contributed by atoms with van der Waals surface area (Å²) in [6.07, 6.45) is 0. The second-order valence-corrected chi connectivity index (χ2v) is 7.39. The summed E-state index contributed by atoms with van der Waals surface area (Å²) in [6, 6.07) is 12.1. The van der Waals surface area contributed by atoms with Crippen LogP contribution in [0.15, 0.2) is 51.8 Å². The Morgan fingerprint density at radius 1 is 1.13 bits per heavy atom. The molecule has 0 atom stereocenters. The summed E-state index contributed by atoms with van der Waals surface area (Å²) < 4.78 is 33.4. The van der Waals surface area contributed by atoms with E-state index in [1.807, 2.05) is 32.0 Å². The molecule has 0 fully saturated rings. The Balaban J connectivity index is 2.00. The van der Waals surface area contributed by atoms with Gasteiger partial charge in [-0.25, -0.2) is 13.4 Å². The molecular formula is C17H18N2O3S. The van der Waals surface area contributed by atoms with Crippen molar-refractivity contribution in [3.63, 3.8) is 0 Å². The molecule has 1 heterocycles. The third-order valence-corrected chi connectivity index (χ3v) is 4.97. The van der Waals surface area contributed by atoms with Gasteiger partial charge in [-0.15, -0.1) is 0 Å². The first kappa shape index (κ1) is 15.6. The van der Waals surface area contributed by atoms with Crippen LogP contribution < -0.4 is 4.72 Å². The fraction of sp³-hybridized carbons (Fsp3) is 0.235. The predicted molar refractivity (Wildman–Crippen MR) is 90.1 cm³/mol. The van der Waals surface area contributed by atoms with E-state index < -0.39 is 10.0 Å². The molecule has 6 heteroatoms. The van der Waals surface area contributed by atoms with Crippen LogP contribution >= 0.6 is 0 Å². The van der Waals surface area contributed by atoms with E-state index in [0.29, 0.717) is 22.7 Å². The number of benzene rings is 2. The summed E-state index contributed by atoms with van der Waals surface area (Å²) in [5, 5.41) is 0. The van der Waals surface area contributed by atoms with Gasteiger partial charge in [0.25, 0.3) is 10.0 Å². The van der Waals surface area contributed by atoms with Crippen molar-refractivity contribution >= 4 is 26.8 Å². The Labute approximate surface area is 135 Å². The molecule has 1 aromatic heterocycles. The Morgan fingerprint density at radius 2 is 1.87 bits per heavy atom. The van der Waals surface area contributed by atoms with Gasteiger partial charge >= 0.3 is 0 Å². The van der Waals surface area contributed by atoms with Gasteiger partial charge in [0.15, 0.2) is 11.5 Å². The van der Waals surface area contributed by atoms with Crippen LogP contribution in [-0.2, 0) is 10.0 Å². The number of para-hydroxylation sites is 1. The van der Waals surface area contributed by atoms with E-state index in [9.17, 15) is 8.42 Å². The minimum absolute atomic E-state index is 0.153. The van der Waals surface area contributed by atoms with E-state index >= 15 is 0 Å². The number of aromatic nitrogens is 1. The normalized spacial score (nSPS) is 12.0. The van der Waals surface area contributed by atoms with Crippen LogP contribution in [0.5, 0.6) is 0 Å². The second kappa shape index (κ2) is 5.70. The first-order valence-corrected chi connectivity index (χ1v) is 8.84. The minimum atomic E-state index is -3.69. The molecule has 0 saturated heterocycles. The summed E-state index contributed by atoms with van der Waals surface area (Å²) in [5.74, 6) is 0.723. The van der Waals surface area contributed by atoms with Gasteiger partial charge in [0, 0.05) is 13.0 Å². The first-order chi connectivity index (χ1) is 10.9. The lowest BCUT2D eigenvalue weighted by molar-refractivity contribution is 0.559. The third-order valence-electron chi connectivity index (χ3n) is 3.60. The fourth-order valence-electron chi connectivity index (χ4n) is 2.48. The van der Waals surface area contributed by atoms with Gasteiger partial charge in [-0.05, 0) is 29.7 Å². The molecule has 0 radical (unpaired) electrons. The van der Waals surface area contributed by atoms with Crippen molar-refractivity contribution < 1.29 is 12.8 Å². The molecule has 5 nitrogen and oxygen atoms in total. The van der Waals surface area contributed by atoms with Gasteiger partial charge in [0.1, 0.15) is 5.52 Å². The Kier molecular flexibility index (Phi) is 3.85. The average Bonchev–Trinajstić information content (AvgIpc) is 2.86. The molecule has 0 aliphatic carbocycles. The van der Waals surface area contributed by atoms with Crippen LogP contribution in [0, 0.1) is 6.92 Å². The predicted octanol–water partition coefficient (Wildman–Crippen LogP) is 4.06. The Bertz CT molecular complexity index is 959. The zero-order chi connectivity index (χ0) is 16.6. The quantitative estimate of drug-likeness (QED) is 0.783. The van der Waals surface area contributed by atoms with E-state index in [4.69, 9.17) is 4.42 Å². The molecular weight excluding hydrogens is 312 g/mol. The lowest BCUT2D eigenvalue weighted by Crippen LogP contribution is -2.14. The van der Waals surface area contributed by atoms with Crippen molar-refractivity contribution in [2.75, 3.05) is 4.72 Å². The smallest absolute Gasteiger partial charge is 0.262 e. The number of aryl methyl sites for hydroxylation is 1. The third kappa shape index (κ3) is 3.07. The maximum absolute atomic E-state index is 12.7. The van der Waals surface area contributed by atoms with Crippen LogP contribution in [0.2, 0.25) is 0 Å². The van der Waals surface area contributed by atoms with Crippen molar-refractivity contribution in [3.05, 3.63) is 53.9 Å². The molecule has 0 saturated carbocycles. The number of hydrogen-bond acceptors (Lipinski definition) is 4. The maximum atomic E-state index is 12.7. The summed E-state index contributed by atoms with van der Waals surface area (Å²) in [7, 11) is -3.69. The highest BCUT2D eigenvalue weighted by Crippen LogP contribution is 2.27. The number of rotatable bonds is 4. The lowest BCUT2D eigenvalue weighted by atomic mass is 10.0. The number of nitrogens with zero attached hydrogens (tertiary/aromatic N) is 1. The van der Waals surface area contributed by atoms with Gasteiger partial charge in [0.2, 0.25) is 0 Å². The largest absolute Gasteiger partial charge is 0.441 e. The van der Waals surface area contributed by atoms with Gasteiger partial charge < -0.3 is 4.42 Å². The van der Waals surface area contributed by atoms with Crippen LogP contribution in [0.3, 0.4) is 0 Å². The number of fused-ring (bicyclic) bond motifs is 1. The molecule has 0 amide bonds. The van der Waals surface area contributed by atoms with E-state index in [-0.39, 0.29) is 10.8 Å². The highest BCUT2D eigenvalue weighted by atomic mass is 32.2. The highest BCUT2D eigenvalue weighted by molar-refractivity contribution is 7.92. The second-order valence-electron chi connectivity index (χ2n) is 5.71. The van der Waals surface area contributed by atoms with Gasteiger partial charge in [-0.1, -0.05) is 32.0 Å². The first-order valence-electron chi connectivity index (χ1n) is 7.36. The van der Waals surface area contributed by atoms with E-state index in [2.05, 4.69) is 9.71 Å². The van der Waals surface area contributed by atoms with E-state index in [0.717, 1.165) is 5.56 Å². The van der Waals surface area contributed by atoms with E-state index in [1.54, 1.807) is 19.1 Å². The Hall–Kier alpha value is -2.34. The fourth-order valence-corrected chi connectivity index (χ4v) is 3.59. The summed E-state index contributed by atoms with van der Waals surface area (Å²) in [4.78, 5) is 4.33. The van der Waals surface area contributed by atoms with Crippen molar-refractivity contribution in [2.45, 2.75) is 31.6 Å². The maximum Gasteiger partial charge on any atom is 0.262 e. The number of hydrogen-bond donors (Lipinski definition) is 1. The lowest BCUT2D eigenvalue weighted by Gasteiger charge is -2.14. The van der Waals surface area contributed by atoms with Crippen molar-refractivity contribution in [3.8, 4) is 0 Å². The standard InChI is InChI=1S/C17H18N2O3S/c1-11(2)14-6-4-5-7-15(14)19-23(20,21)13-8-9-16-17(10-13)22-12(3)18-16/h4-11,19H,1-3H3. The molecule has 0 unspecified atom stereocenters. The molecule has 0 bridgehead atoms. The zero-order valence-corrected chi connectivity index (χ0v) is 14.0. The van der Waals surface area contributed by atoms with Crippen LogP contribution in [0.4, 0.5) is 5.69 Å². The molecule has 120 valence electrons. The van der Waals surface area contributed by atoms with Crippen molar-refractivity contribution in [2.24, 2.45) is 0 Å². The van der Waals surface area contributed by atoms with Gasteiger partial charge in [-0.2, -0.15) is 0 Å².